The molecule has 1 rings (SSSR count). The van der Waals surface area contributed by atoms with Crippen LogP contribution in [-0.4, -0.2) is 23.9 Å². The number of nitrogens with zero attached hydrogens (tertiary/aromatic N) is 1. The van der Waals surface area contributed by atoms with E-state index in [1.807, 2.05) is 12.1 Å². The van der Waals surface area contributed by atoms with Gasteiger partial charge >= 0.3 is 0 Å². The number of aryl methyl sites for hydroxylation is 1. The van der Waals surface area contributed by atoms with Crippen LogP contribution in [0.3, 0.4) is 0 Å². The summed E-state index contributed by atoms with van der Waals surface area (Å²) in [6.45, 7) is 8.46. The molecule has 0 saturated carbocycles. The Morgan fingerprint density at radius 1 is 0.562 bits per heavy atom. The van der Waals surface area contributed by atoms with Gasteiger partial charge in [0, 0.05) is 18.7 Å². The molecule has 0 bridgehead atoms. The molecule has 0 heterocycles. The Kier molecular flexibility index (Phi) is 18.2. The zero-order valence-electron chi connectivity index (χ0n) is 21.8. The zero-order chi connectivity index (χ0) is 23.3. The predicted molar refractivity (Wildman–Crippen MR) is 142 cm³/mol. The number of carbonyl (C=O) groups is 1. The van der Waals surface area contributed by atoms with Crippen molar-refractivity contribution in [2.75, 3.05) is 13.1 Å². The van der Waals surface area contributed by atoms with Gasteiger partial charge in [-0.3, -0.25) is 4.79 Å². The number of unbranched alkanes of at least 4 members (excludes halogenated alkanes) is 16. The molecule has 0 aromatic heterocycles. The molecule has 0 N–H and O–H groups in total. The van der Waals surface area contributed by atoms with E-state index < -0.39 is 0 Å². The molecule has 0 spiro atoms. The third-order valence-corrected chi connectivity index (χ3v) is 6.65. The van der Waals surface area contributed by atoms with E-state index in [0.29, 0.717) is 0 Å². The van der Waals surface area contributed by atoms with Gasteiger partial charge in [-0.15, -0.1) is 0 Å². The third kappa shape index (κ3) is 14.7. The average Bonchev–Trinajstić information content (AvgIpc) is 2.80. The summed E-state index contributed by atoms with van der Waals surface area (Å²) in [5.74, 6) is 0.226. The van der Waals surface area contributed by atoms with E-state index in [-0.39, 0.29) is 5.91 Å². The minimum absolute atomic E-state index is 0.226. The van der Waals surface area contributed by atoms with Crippen molar-refractivity contribution in [2.24, 2.45) is 0 Å². The molecule has 1 aromatic carbocycles. The van der Waals surface area contributed by atoms with Crippen molar-refractivity contribution < 1.29 is 4.79 Å². The molecule has 0 radical (unpaired) electrons. The highest BCUT2D eigenvalue weighted by atomic mass is 16.2. The summed E-state index contributed by atoms with van der Waals surface area (Å²) in [5.41, 5.74) is 2.06. The van der Waals surface area contributed by atoms with Crippen LogP contribution in [0.4, 0.5) is 0 Å². The Hall–Kier alpha value is -1.31. The lowest BCUT2D eigenvalue weighted by Gasteiger charge is -2.23. The standard InChI is InChI=1S/C30H53NO/c1-4-6-8-10-12-14-16-18-20-26-31(30(32)29-24-22-28(3)23-25-29)27-21-19-17-15-13-11-9-7-5-2/h22-25H,4-21,26-27H2,1-3H3. The lowest BCUT2D eigenvalue weighted by molar-refractivity contribution is 0.0749. The first-order valence-corrected chi connectivity index (χ1v) is 14.0. The van der Waals surface area contributed by atoms with E-state index >= 15 is 0 Å². The molecule has 32 heavy (non-hydrogen) atoms. The summed E-state index contributed by atoms with van der Waals surface area (Å²) in [7, 11) is 0. The van der Waals surface area contributed by atoms with E-state index in [2.05, 4.69) is 37.8 Å². The quantitative estimate of drug-likeness (QED) is 0.173. The third-order valence-electron chi connectivity index (χ3n) is 6.65. The molecule has 184 valence electrons. The fraction of sp³-hybridized carbons (Fsp3) is 0.767. The second-order valence-corrected chi connectivity index (χ2v) is 9.82. The van der Waals surface area contributed by atoms with Crippen molar-refractivity contribution in [3.63, 3.8) is 0 Å². The lowest BCUT2D eigenvalue weighted by Crippen LogP contribution is -2.33. The minimum atomic E-state index is 0.226. The minimum Gasteiger partial charge on any atom is -0.339 e. The second-order valence-electron chi connectivity index (χ2n) is 9.82. The summed E-state index contributed by atoms with van der Waals surface area (Å²) in [6, 6.07) is 8.11. The summed E-state index contributed by atoms with van der Waals surface area (Å²) in [4.78, 5) is 15.2. The number of hydrogen-bond acceptors (Lipinski definition) is 1. The monoisotopic (exact) mass is 443 g/mol. The highest BCUT2D eigenvalue weighted by molar-refractivity contribution is 5.94. The molecule has 0 aliphatic rings. The summed E-state index contributed by atoms with van der Waals surface area (Å²) < 4.78 is 0. The topological polar surface area (TPSA) is 20.3 Å². The number of hydrogen-bond donors (Lipinski definition) is 0. The fourth-order valence-electron chi connectivity index (χ4n) is 4.42. The molecule has 2 nitrogen and oxygen atoms in total. The van der Waals surface area contributed by atoms with Crippen molar-refractivity contribution in [2.45, 2.75) is 136 Å². The van der Waals surface area contributed by atoms with Crippen LogP contribution in [0.15, 0.2) is 24.3 Å². The van der Waals surface area contributed by atoms with E-state index in [1.54, 1.807) is 0 Å². The Morgan fingerprint density at radius 3 is 1.28 bits per heavy atom. The van der Waals surface area contributed by atoms with E-state index in [0.717, 1.165) is 31.5 Å². The first kappa shape index (κ1) is 28.7. The number of benzene rings is 1. The van der Waals surface area contributed by atoms with Gasteiger partial charge in [0.05, 0.1) is 0 Å². The molecule has 0 aliphatic heterocycles. The van der Waals surface area contributed by atoms with Gasteiger partial charge < -0.3 is 4.90 Å². The zero-order valence-corrected chi connectivity index (χ0v) is 21.8. The highest BCUT2D eigenvalue weighted by Crippen LogP contribution is 2.14. The normalized spacial score (nSPS) is 11.1. The number of rotatable bonds is 21. The molecule has 0 fully saturated rings. The van der Waals surface area contributed by atoms with Crippen molar-refractivity contribution in [3.8, 4) is 0 Å². The molecule has 1 amide bonds. The van der Waals surface area contributed by atoms with Crippen LogP contribution in [0, 0.1) is 6.92 Å². The molecular weight excluding hydrogens is 390 g/mol. The second kappa shape index (κ2) is 20.3. The molecular formula is C30H53NO. The molecule has 0 atom stereocenters. The van der Waals surface area contributed by atoms with Crippen molar-refractivity contribution in [3.05, 3.63) is 35.4 Å². The van der Waals surface area contributed by atoms with Gasteiger partial charge in [-0.05, 0) is 31.9 Å². The lowest BCUT2D eigenvalue weighted by atomic mass is 10.1. The van der Waals surface area contributed by atoms with Crippen LogP contribution in [0.1, 0.15) is 145 Å². The molecule has 0 saturated heterocycles. The van der Waals surface area contributed by atoms with Crippen LogP contribution >= 0.6 is 0 Å². The van der Waals surface area contributed by atoms with E-state index in [4.69, 9.17) is 0 Å². The molecule has 0 aliphatic carbocycles. The van der Waals surface area contributed by atoms with Crippen LogP contribution in [0.2, 0.25) is 0 Å². The first-order chi connectivity index (χ1) is 15.7. The van der Waals surface area contributed by atoms with Crippen LogP contribution in [0.5, 0.6) is 0 Å². The SMILES string of the molecule is CCCCCCCCCCCN(CCCCCCCCCCC)C(=O)c1ccc(C)cc1. The van der Waals surface area contributed by atoms with Crippen LogP contribution in [-0.2, 0) is 0 Å². The first-order valence-electron chi connectivity index (χ1n) is 14.0. The highest BCUT2D eigenvalue weighted by Gasteiger charge is 2.15. The maximum Gasteiger partial charge on any atom is 0.253 e. The Balaban J connectivity index is 2.31. The predicted octanol–water partition coefficient (Wildman–Crippen LogP) is 9.50. The van der Waals surface area contributed by atoms with Gasteiger partial charge in [0.15, 0.2) is 0 Å². The Morgan fingerprint density at radius 2 is 0.906 bits per heavy atom. The van der Waals surface area contributed by atoms with Crippen LogP contribution < -0.4 is 0 Å². The van der Waals surface area contributed by atoms with Gasteiger partial charge in [0.1, 0.15) is 0 Å². The van der Waals surface area contributed by atoms with E-state index in [1.165, 1.54) is 108 Å². The van der Waals surface area contributed by atoms with Crippen LogP contribution in [0.25, 0.3) is 0 Å². The fourth-order valence-corrected chi connectivity index (χ4v) is 4.42. The average molecular weight is 444 g/mol. The van der Waals surface area contributed by atoms with Gasteiger partial charge in [-0.25, -0.2) is 0 Å². The van der Waals surface area contributed by atoms with Gasteiger partial charge in [-0.2, -0.15) is 0 Å². The van der Waals surface area contributed by atoms with Crippen molar-refractivity contribution in [1.82, 2.24) is 4.90 Å². The van der Waals surface area contributed by atoms with Gasteiger partial charge in [0.2, 0.25) is 0 Å². The largest absolute Gasteiger partial charge is 0.339 e. The maximum atomic E-state index is 13.1. The summed E-state index contributed by atoms with van der Waals surface area (Å²) >= 11 is 0. The number of amides is 1. The molecule has 1 aromatic rings. The van der Waals surface area contributed by atoms with Gasteiger partial charge in [0.25, 0.3) is 5.91 Å². The maximum absolute atomic E-state index is 13.1. The molecule has 2 heteroatoms. The summed E-state index contributed by atoms with van der Waals surface area (Å²) in [6.07, 6.45) is 23.9. The van der Waals surface area contributed by atoms with Crippen molar-refractivity contribution >= 4 is 5.91 Å². The molecule has 0 unspecified atom stereocenters. The van der Waals surface area contributed by atoms with Crippen molar-refractivity contribution in [1.29, 1.82) is 0 Å². The Labute approximate surface area is 200 Å². The number of carbonyl (C=O) groups excluding carboxylic acids is 1. The smallest absolute Gasteiger partial charge is 0.253 e. The Bertz CT molecular complexity index is 528. The van der Waals surface area contributed by atoms with Gasteiger partial charge in [-0.1, -0.05) is 134 Å². The van der Waals surface area contributed by atoms with E-state index in [9.17, 15) is 4.79 Å². The summed E-state index contributed by atoms with van der Waals surface area (Å²) in [5, 5.41) is 0.